The first kappa shape index (κ1) is 19.0. The van der Waals surface area contributed by atoms with Crippen LogP contribution in [0.5, 0.6) is 11.5 Å². The highest BCUT2D eigenvalue weighted by atomic mass is 35.5. The Kier molecular flexibility index (Phi) is 5.81. The minimum absolute atomic E-state index is 0.250. The molecule has 0 aliphatic heterocycles. The molecule has 0 fully saturated rings. The molecule has 6 heteroatoms. The van der Waals surface area contributed by atoms with Gasteiger partial charge in [0.2, 0.25) is 0 Å². The number of hydrogen-bond donors (Lipinski definition) is 0. The summed E-state index contributed by atoms with van der Waals surface area (Å²) in [4.78, 5) is 23.8. The maximum absolute atomic E-state index is 12.1. The fraction of sp³-hybridized carbons (Fsp3) is 0.238. The number of esters is 1. The number of carbonyl (C=O) groups is 1. The lowest BCUT2D eigenvalue weighted by atomic mass is 10.1. The Morgan fingerprint density at radius 1 is 1.15 bits per heavy atom. The lowest BCUT2D eigenvalue weighted by Gasteiger charge is -2.10. The molecule has 0 N–H and O–H groups in total. The molecule has 1 heterocycles. The van der Waals surface area contributed by atoms with E-state index in [0.29, 0.717) is 22.1 Å². The number of aryl methyl sites for hydroxylation is 2. The minimum atomic E-state index is -0.559. The van der Waals surface area contributed by atoms with E-state index in [1.807, 2.05) is 13.8 Å². The zero-order valence-electron chi connectivity index (χ0n) is 15.1. The monoisotopic (exact) mass is 386 g/mol. The molecule has 2 aromatic carbocycles. The van der Waals surface area contributed by atoms with Crippen molar-refractivity contribution in [3.8, 4) is 11.5 Å². The van der Waals surface area contributed by atoms with Crippen LogP contribution in [0, 0.1) is 6.92 Å². The number of hydrogen-bond acceptors (Lipinski definition) is 5. The van der Waals surface area contributed by atoms with Crippen LogP contribution in [-0.2, 0) is 11.2 Å². The van der Waals surface area contributed by atoms with Crippen molar-refractivity contribution >= 4 is 28.5 Å². The smallest absolute Gasteiger partial charge is 0.349 e. The molecule has 0 atom stereocenters. The maximum atomic E-state index is 12.1. The van der Waals surface area contributed by atoms with Crippen molar-refractivity contribution in [1.29, 1.82) is 0 Å². The molecular formula is C21H19ClO5. The van der Waals surface area contributed by atoms with Crippen molar-refractivity contribution < 1.29 is 18.7 Å². The number of halogens is 1. The molecule has 0 saturated carbocycles. The standard InChI is InChI=1S/C21H19ClO5/c1-3-4-14-10-20(23)27-19-11-16(6-7-17(14)19)26-21(24)12-25-18-8-5-15(22)9-13(18)2/h5-11H,3-4,12H2,1-2H3. The van der Waals surface area contributed by atoms with Crippen LogP contribution >= 0.6 is 11.6 Å². The first-order valence-corrected chi connectivity index (χ1v) is 9.00. The average Bonchev–Trinajstić information content (AvgIpc) is 2.61. The molecule has 5 nitrogen and oxygen atoms in total. The van der Waals surface area contributed by atoms with Gasteiger partial charge in [0, 0.05) is 22.5 Å². The van der Waals surface area contributed by atoms with Crippen LogP contribution in [0.3, 0.4) is 0 Å². The quantitative estimate of drug-likeness (QED) is 0.349. The second-order valence-electron chi connectivity index (χ2n) is 6.17. The molecule has 1 aromatic heterocycles. The number of ether oxygens (including phenoxy) is 2. The Bertz CT molecular complexity index is 1040. The molecule has 0 aliphatic rings. The van der Waals surface area contributed by atoms with Crippen LogP contribution in [0.1, 0.15) is 24.5 Å². The van der Waals surface area contributed by atoms with E-state index in [0.717, 1.165) is 29.4 Å². The van der Waals surface area contributed by atoms with Gasteiger partial charge in [-0.05, 0) is 54.8 Å². The third kappa shape index (κ3) is 4.68. The summed E-state index contributed by atoms with van der Waals surface area (Å²) >= 11 is 5.90. The van der Waals surface area contributed by atoms with Crippen LogP contribution in [0.4, 0.5) is 0 Å². The minimum Gasteiger partial charge on any atom is -0.482 e. The second kappa shape index (κ2) is 8.27. The third-order valence-corrected chi connectivity index (χ3v) is 4.27. The Hall–Kier alpha value is -2.79. The summed E-state index contributed by atoms with van der Waals surface area (Å²) in [7, 11) is 0. The first-order chi connectivity index (χ1) is 13.0. The van der Waals surface area contributed by atoms with E-state index in [-0.39, 0.29) is 6.61 Å². The van der Waals surface area contributed by atoms with Crippen molar-refractivity contribution in [2.24, 2.45) is 0 Å². The van der Waals surface area contributed by atoms with E-state index in [1.54, 1.807) is 36.4 Å². The number of rotatable bonds is 6. The van der Waals surface area contributed by atoms with Gasteiger partial charge < -0.3 is 13.9 Å². The highest BCUT2D eigenvalue weighted by molar-refractivity contribution is 6.30. The molecule has 3 rings (SSSR count). The molecule has 0 bridgehead atoms. The third-order valence-electron chi connectivity index (χ3n) is 4.04. The van der Waals surface area contributed by atoms with Crippen LogP contribution in [0.25, 0.3) is 11.0 Å². The Balaban J connectivity index is 1.72. The number of carbonyl (C=O) groups excluding carboxylic acids is 1. The predicted octanol–water partition coefficient (Wildman–Crippen LogP) is 4.69. The second-order valence-corrected chi connectivity index (χ2v) is 6.61. The summed E-state index contributed by atoms with van der Waals surface area (Å²) in [5.74, 6) is 0.293. The molecule has 3 aromatic rings. The van der Waals surface area contributed by atoms with E-state index in [2.05, 4.69) is 0 Å². The van der Waals surface area contributed by atoms with Gasteiger partial charge >= 0.3 is 11.6 Å². The maximum Gasteiger partial charge on any atom is 0.349 e. The first-order valence-electron chi connectivity index (χ1n) is 8.62. The largest absolute Gasteiger partial charge is 0.482 e. The molecule has 27 heavy (non-hydrogen) atoms. The van der Waals surface area contributed by atoms with Gasteiger partial charge in [-0.1, -0.05) is 24.9 Å². The molecule has 0 saturated heterocycles. The van der Waals surface area contributed by atoms with Gasteiger partial charge in [0.15, 0.2) is 6.61 Å². The topological polar surface area (TPSA) is 65.7 Å². The SMILES string of the molecule is CCCc1cc(=O)oc2cc(OC(=O)COc3ccc(Cl)cc3C)ccc12. The molecule has 140 valence electrons. The molecule has 0 spiro atoms. The summed E-state index contributed by atoms with van der Waals surface area (Å²) < 4.78 is 16.0. The highest BCUT2D eigenvalue weighted by Crippen LogP contribution is 2.24. The van der Waals surface area contributed by atoms with E-state index in [1.165, 1.54) is 6.07 Å². The lowest BCUT2D eigenvalue weighted by Crippen LogP contribution is -2.18. The Labute approximate surface area is 161 Å². The Morgan fingerprint density at radius 3 is 2.70 bits per heavy atom. The van der Waals surface area contributed by atoms with Crippen molar-refractivity contribution in [3.05, 3.63) is 69.0 Å². The van der Waals surface area contributed by atoms with Gasteiger partial charge in [-0.2, -0.15) is 0 Å². The average molecular weight is 387 g/mol. The van der Waals surface area contributed by atoms with Crippen LogP contribution in [0.2, 0.25) is 5.02 Å². The Morgan fingerprint density at radius 2 is 1.96 bits per heavy atom. The number of benzene rings is 2. The van der Waals surface area contributed by atoms with Gasteiger partial charge in [0.1, 0.15) is 17.1 Å². The van der Waals surface area contributed by atoms with Gasteiger partial charge in [0.25, 0.3) is 0 Å². The molecule has 0 radical (unpaired) electrons. The van der Waals surface area contributed by atoms with Crippen LogP contribution in [0.15, 0.2) is 51.7 Å². The summed E-state index contributed by atoms with van der Waals surface area (Å²) in [6.07, 6.45) is 1.69. The fourth-order valence-corrected chi connectivity index (χ4v) is 3.05. The zero-order valence-corrected chi connectivity index (χ0v) is 15.8. The summed E-state index contributed by atoms with van der Waals surface area (Å²) in [5.41, 5.74) is 1.72. The van der Waals surface area contributed by atoms with Crippen molar-refractivity contribution in [2.45, 2.75) is 26.7 Å². The van der Waals surface area contributed by atoms with E-state index >= 15 is 0 Å². The molecular weight excluding hydrogens is 368 g/mol. The van der Waals surface area contributed by atoms with Gasteiger partial charge in [-0.3, -0.25) is 0 Å². The summed E-state index contributed by atoms with van der Waals surface area (Å²) in [6.45, 7) is 3.63. The predicted molar refractivity (Wildman–Crippen MR) is 104 cm³/mol. The normalized spacial score (nSPS) is 10.8. The van der Waals surface area contributed by atoms with Crippen molar-refractivity contribution in [1.82, 2.24) is 0 Å². The lowest BCUT2D eigenvalue weighted by molar-refractivity contribution is -0.136. The van der Waals surface area contributed by atoms with Crippen LogP contribution < -0.4 is 15.1 Å². The van der Waals surface area contributed by atoms with Gasteiger partial charge in [-0.25, -0.2) is 9.59 Å². The van der Waals surface area contributed by atoms with E-state index in [4.69, 9.17) is 25.5 Å². The highest BCUT2D eigenvalue weighted by Gasteiger charge is 2.11. The molecule has 0 aliphatic carbocycles. The van der Waals surface area contributed by atoms with Gasteiger partial charge in [0.05, 0.1) is 0 Å². The molecule has 0 amide bonds. The van der Waals surface area contributed by atoms with E-state index in [9.17, 15) is 9.59 Å². The number of fused-ring (bicyclic) bond motifs is 1. The van der Waals surface area contributed by atoms with Crippen molar-refractivity contribution in [3.63, 3.8) is 0 Å². The molecule has 0 unspecified atom stereocenters. The zero-order chi connectivity index (χ0) is 19.4. The summed E-state index contributed by atoms with van der Waals surface area (Å²) in [6, 6.07) is 11.6. The van der Waals surface area contributed by atoms with E-state index < -0.39 is 11.6 Å². The summed E-state index contributed by atoms with van der Waals surface area (Å²) in [5, 5.41) is 1.44. The van der Waals surface area contributed by atoms with Crippen molar-refractivity contribution in [2.75, 3.05) is 6.61 Å². The van der Waals surface area contributed by atoms with Gasteiger partial charge in [-0.15, -0.1) is 0 Å². The van der Waals surface area contributed by atoms with Crippen LogP contribution in [-0.4, -0.2) is 12.6 Å². The fourth-order valence-electron chi connectivity index (χ4n) is 2.82.